The molecule has 2 heteroatoms. The average molecular weight is 262 g/mol. The summed E-state index contributed by atoms with van der Waals surface area (Å²) in [6.07, 6.45) is 5.42. The van der Waals surface area contributed by atoms with Crippen LogP contribution in [0.4, 0.5) is 0 Å². The molecule has 0 aliphatic carbocycles. The summed E-state index contributed by atoms with van der Waals surface area (Å²) >= 11 is 0. The maximum atomic E-state index is 11.7. The molecule has 0 spiro atoms. The number of aliphatic hydroxyl groups excluding tert-OH is 1. The number of Topliss-reactive ketones (excluding diaryl/α,β-unsaturated/α-hetero) is 1. The van der Waals surface area contributed by atoms with E-state index >= 15 is 0 Å². The van der Waals surface area contributed by atoms with E-state index in [0.717, 1.165) is 24.8 Å². The number of hydrogen-bond acceptors (Lipinski definition) is 2. The molecular weight excluding hydrogens is 236 g/mol. The lowest BCUT2D eigenvalue weighted by atomic mass is 9.88. The highest BCUT2D eigenvalue weighted by Crippen LogP contribution is 2.18. The lowest BCUT2D eigenvalue weighted by Crippen LogP contribution is -2.28. The van der Waals surface area contributed by atoms with E-state index in [2.05, 4.69) is 6.92 Å². The smallest absolute Gasteiger partial charge is 0.135 e. The molecule has 1 rings (SSSR count). The van der Waals surface area contributed by atoms with Crippen LogP contribution >= 0.6 is 0 Å². The van der Waals surface area contributed by atoms with E-state index < -0.39 is 6.10 Å². The summed E-state index contributed by atoms with van der Waals surface area (Å²) in [5.74, 6) is -0.170. The Labute approximate surface area is 116 Å². The van der Waals surface area contributed by atoms with E-state index in [1.807, 2.05) is 30.3 Å². The fourth-order valence-electron chi connectivity index (χ4n) is 2.40. The van der Waals surface area contributed by atoms with Crippen molar-refractivity contribution in [2.24, 2.45) is 5.92 Å². The van der Waals surface area contributed by atoms with Crippen molar-refractivity contribution in [3.63, 3.8) is 0 Å². The van der Waals surface area contributed by atoms with Gasteiger partial charge in [-0.05, 0) is 25.3 Å². The van der Waals surface area contributed by atoms with Gasteiger partial charge in [0, 0.05) is 5.92 Å². The largest absolute Gasteiger partial charge is 0.392 e. The van der Waals surface area contributed by atoms with Crippen LogP contribution in [0, 0.1) is 5.92 Å². The van der Waals surface area contributed by atoms with Crippen LogP contribution in [0.25, 0.3) is 0 Å². The molecule has 1 N–H and O–H groups in total. The molecule has 0 aliphatic heterocycles. The first-order valence-corrected chi connectivity index (χ1v) is 7.37. The Kier molecular flexibility index (Phi) is 7.42. The Morgan fingerprint density at radius 2 is 1.84 bits per heavy atom. The number of hydrogen-bond donors (Lipinski definition) is 1. The number of carbonyl (C=O) groups excluding carboxylic acids is 1. The van der Waals surface area contributed by atoms with Gasteiger partial charge in [0.25, 0.3) is 0 Å². The lowest BCUT2D eigenvalue weighted by Gasteiger charge is -2.20. The highest BCUT2D eigenvalue weighted by Gasteiger charge is 2.23. The summed E-state index contributed by atoms with van der Waals surface area (Å²) in [5, 5.41) is 10.2. The molecule has 0 bridgehead atoms. The lowest BCUT2D eigenvalue weighted by molar-refractivity contribution is -0.124. The molecule has 1 aromatic carbocycles. The van der Waals surface area contributed by atoms with Crippen LogP contribution < -0.4 is 0 Å². The van der Waals surface area contributed by atoms with Gasteiger partial charge in [-0.1, -0.05) is 62.9 Å². The van der Waals surface area contributed by atoms with Crippen LogP contribution in [-0.2, 0) is 11.2 Å². The van der Waals surface area contributed by atoms with E-state index in [9.17, 15) is 9.90 Å². The van der Waals surface area contributed by atoms with Crippen LogP contribution in [-0.4, -0.2) is 17.0 Å². The van der Waals surface area contributed by atoms with Gasteiger partial charge in [-0.25, -0.2) is 0 Å². The quantitative estimate of drug-likeness (QED) is 0.688. The molecule has 2 atom stereocenters. The Morgan fingerprint density at radius 3 is 2.42 bits per heavy atom. The van der Waals surface area contributed by atoms with Gasteiger partial charge in [0.2, 0.25) is 0 Å². The van der Waals surface area contributed by atoms with E-state index in [-0.39, 0.29) is 11.7 Å². The average Bonchev–Trinajstić information content (AvgIpc) is 2.41. The predicted molar refractivity (Wildman–Crippen MR) is 79.1 cm³/mol. The fourth-order valence-corrected chi connectivity index (χ4v) is 2.40. The van der Waals surface area contributed by atoms with Gasteiger partial charge in [0.15, 0.2) is 0 Å². The SMILES string of the molecule is CCCCCCC(O)C(Cc1ccccc1)C(C)=O. The summed E-state index contributed by atoms with van der Waals surface area (Å²) < 4.78 is 0. The Hall–Kier alpha value is -1.15. The zero-order valence-electron chi connectivity index (χ0n) is 12.1. The number of rotatable bonds is 9. The normalized spacial score (nSPS) is 14.1. The van der Waals surface area contributed by atoms with Gasteiger partial charge in [-0.2, -0.15) is 0 Å². The third-order valence-corrected chi connectivity index (χ3v) is 3.64. The van der Waals surface area contributed by atoms with Gasteiger partial charge >= 0.3 is 0 Å². The monoisotopic (exact) mass is 262 g/mol. The third-order valence-electron chi connectivity index (χ3n) is 3.64. The predicted octanol–water partition coefficient (Wildman–Crippen LogP) is 3.77. The number of benzene rings is 1. The number of unbranched alkanes of at least 4 members (excludes halogenated alkanes) is 3. The van der Waals surface area contributed by atoms with Gasteiger partial charge in [0.1, 0.15) is 5.78 Å². The molecule has 2 unspecified atom stereocenters. The van der Waals surface area contributed by atoms with E-state index in [0.29, 0.717) is 6.42 Å². The van der Waals surface area contributed by atoms with Crippen LogP contribution in [0.15, 0.2) is 30.3 Å². The van der Waals surface area contributed by atoms with Crippen LogP contribution in [0.2, 0.25) is 0 Å². The minimum absolute atomic E-state index is 0.0897. The van der Waals surface area contributed by atoms with E-state index in [1.54, 1.807) is 6.92 Å². The zero-order valence-corrected chi connectivity index (χ0v) is 12.1. The van der Waals surface area contributed by atoms with Crippen molar-refractivity contribution in [3.05, 3.63) is 35.9 Å². The topological polar surface area (TPSA) is 37.3 Å². The summed E-state index contributed by atoms with van der Waals surface area (Å²) in [7, 11) is 0. The molecule has 0 saturated carbocycles. The molecule has 19 heavy (non-hydrogen) atoms. The molecule has 0 aliphatic rings. The van der Waals surface area contributed by atoms with Crippen molar-refractivity contribution in [1.82, 2.24) is 0 Å². The van der Waals surface area contributed by atoms with E-state index in [4.69, 9.17) is 0 Å². The van der Waals surface area contributed by atoms with Crippen molar-refractivity contribution in [3.8, 4) is 0 Å². The second kappa shape index (κ2) is 8.87. The second-order valence-electron chi connectivity index (χ2n) is 5.32. The van der Waals surface area contributed by atoms with Gasteiger partial charge < -0.3 is 5.11 Å². The van der Waals surface area contributed by atoms with Crippen LogP contribution in [0.5, 0.6) is 0 Å². The molecule has 0 heterocycles. The molecule has 0 saturated heterocycles. The van der Waals surface area contributed by atoms with Crippen LogP contribution in [0.3, 0.4) is 0 Å². The first-order chi connectivity index (χ1) is 9.15. The third kappa shape index (κ3) is 6.02. The van der Waals surface area contributed by atoms with Crippen molar-refractivity contribution in [1.29, 1.82) is 0 Å². The summed E-state index contributed by atoms with van der Waals surface area (Å²) in [6.45, 7) is 3.76. The van der Waals surface area contributed by atoms with Gasteiger partial charge in [0.05, 0.1) is 6.10 Å². The van der Waals surface area contributed by atoms with Crippen molar-refractivity contribution in [2.45, 2.75) is 58.5 Å². The second-order valence-corrected chi connectivity index (χ2v) is 5.32. The molecule has 0 fully saturated rings. The Bertz CT molecular complexity index is 359. The standard InChI is InChI=1S/C17H26O2/c1-3-4-5-9-12-17(19)16(14(2)18)13-15-10-7-6-8-11-15/h6-8,10-11,16-17,19H,3-5,9,12-13H2,1-2H3. The minimum atomic E-state index is -0.505. The van der Waals surface area contributed by atoms with Crippen molar-refractivity contribution in [2.75, 3.05) is 0 Å². The van der Waals surface area contributed by atoms with Crippen molar-refractivity contribution >= 4 is 5.78 Å². The van der Waals surface area contributed by atoms with E-state index in [1.165, 1.54) is 12.8 Å². The van der Waals surface area contributed by atoms with Gasteiger partial charge in [-0.15, -0.1) is 0 Å². The maximum Gasteiger partial charge on any atom is 0.135 e. The number of carbonyl (C=O) groups is 1. The van der Waals surface area contributed by atoms with Crippen LogP contribution in [0.1, 0.15) is 51.5 Å². The Balaban J connectivity index is 2.50. The zero-order chi connectivity index (χ0) is 14.1. The first-order valence-electron chi connectivity index (χ1n) is 7.37. The summed E-state index contributed by atoms with van der Waals surface area (Å²) in [5.41, 5.74) is 1.12. The summed E-state index contributed by atoms with van der Waals surface area (Å²) in [6, 6.07) is 9.94. The molecule has 2 nitrogen and oxygen atoms in total. The Morgan fingerprint density at radius 1 is 1.16 bits per heavy atom. The highest BCUT2D eigenvalue weighted by molar-refractivity contribution is 5.79. The fraction of sp³-hybridized carbons (Fsp3) is 0.588. The molecule has 0 radical (unpaired) electrons. The van der Waals surface area contributed by atoms with Crippen molar-refractivity contribution < 1.29 is 9.90 Å². The first kappa shape index (κ1) is 15.9. The number of aliphatic hydroxyl groups is 1. The summed E-state index contributed by atoms with van der Waals surface area (Å²) in [4.78, 5) is 11.7. The number of ketones is 1. The molecule has 1 aromatic rings. The molecule has 106 valence electrons. The minimum Gasteiger partial charge on any atom is -0.392 e. The molecular formula is C17H26O2. The highest BCUT2D eigenvalue weighted by atomic mass is 16.3. The maximum absolute atomic E-state index is 11.7. The van der Waals surface area contributed by atoms with Gasteiger partial charge in [-0.3, -0.25) is 4.79 Å². The molecule has 0 aromatic heterocycles. The molecule has 0 amide bonds.